The molecule has 0 bridgehead atoms. The standard InChI is InChI=1S/C19H28O3/c1-12(2)11-22-15-8-13(3)17-10-19(18(21)16(17)9-15)6-4-14(20)5-7-19/h8-9,12-14,17,20H,4-7,10-11H2,1-3H3. The number of hydrogen-bond donors (Lipinski definition) is 1. The molecule has 2 atom stereocenters. The molecule has 22 heavy (non-hydrogen) atoms. The van der Waals surface area contributed by atoms with E-state index in [1.807, 2.05) is 6.08 Å². The quantitative estimate of drug-likeness (QED) is 0.866. The number of allylic oxidation sites excluding steroid dienone is 3. The molecular weight excluding hydrogens is 276 g/mol. The average Bonchev–Trinajstić information content (AvgIpc) is 2.75. The first kappa shape index (κ1) is 15.8. The Kier molecular flexibility index (Phi) is 4.19. The Balaban J connectivity index is 1.79. The van der Waals surface area contributed by atoms with Crippen LogP contribution in [0.15, 0.2) is 23.5 Å². The third kappa shape index (κ3) is 2.76. The van der Waals surface area contributed by atoms with Gasteiger partial charge in [-0.25, -0.2) is 0 Å². The molecular formula is C19H28O3. The fourth-order valence-corrected chi connectivity index (χ4v) is 4.26. The van der Waals surface area contributed by atoms with Gasteiger partial charge in [0.15, 0.2) is 5.78 Å². The number of aliphatic hydroxyl groups is 1. The molecule has 0 radical (unpaired) electrons. The Morgan fingerprint density at radius 3 is 2.68 bits per heavy atom. The van der Waals surface area contributed by atoms with Gasteiger partial charge in [-0.2, -0.15) is 0 Å². The molecule has 0 saturated heterocycles. The molecule has 2 unspecified atom stereocenters. The Bertz CT molecular complexity index is 507. The number of aliphatic hydroxyl groups excluding tert-OH is 1. The molecule has 1 spiro atoms. The van der Waals surface area contributed by atoms with Crippen molar-refractivity contribution in [1.82, 2.24) is 0 Å². The minimum Gasteiger partial charge on any atom is -0.494 e. The number of carbonyl (C=O) groups is 1. The molecule has 0 aliphatic heterocycles. The van der Waals surface area contributed by atoms with Crippen molar-refractivity contribution in [3.63, 3.8) is 0 Å². The molecule has 3 aliphatic carbocycles. The normalized spacial score (nSPS) is 38.0. The van der Waals surface area contributed by atoms with Gasteiger partial charge in [-0.1, -0.05) is 20.8 Å². The van der Waals surface area contributed by atoms with Crippen LogP contribution in [0.3, 0.4) is 0 Å². The Morgan fingerprint density at radius 1 is 1.36 bits per heavy atom. The van der Waals surface area contributed by atoms with E-state index in [9.17, 15) is 9.90 Å². The predicted octanol–water partition coefficient (Wildman–Crippen LogP) is 3.63. The summed E-state index contributed by atoms with van der Waals surface area (Å²) in [7, 11) is 0. The second kappa shape index (κ2) is 5.84. The fraction of sp³-hybridized carbons (Fsp3) is 0.737. The van der Waals surface area contributed by atoms with Crippen molar-refractivity contribution in [2.24, 2.45) is 23.2 Å². The summed E-state index contributed by atoms with van der Waals surface area (Å²) in [6, 6.07) is 0. The molecule has 0 aromatic heterocycles. The summed E-state index contributed by atoms with van der Waals surface area (Å²) in [5.74, 6) is 2.38. The first-order valence-electron chi connectivity index (χ1n) is 8.70. The highest BCUT2D eigenvalue weighted by molar-refractivity contribution is 6.03. The third-order valence-corrected chi connectivity index (χ3v) is 5.61. The Hall–Kier alpha value is -1.09. The van der Waals surface area contributed by atoms with Crippen LogP contribution >= 0.6 is 0 Å². The molecule has 1 N–H and O–H groups in total. The highest BCUT2D eigenvalue weighted by Gasteiger charge is 2.52. The molecule has 0 amide bonds. The zero-order valence-corrected chi connectivity index (χ0v) is 14.0. The summed E-state index contributed by atoms with van der Waals surface area (Å²) in [6.07, 6.45) is 8.14. The summed E-state index contributed by atoms with van der Waals surface area (Å²) in [4.78, 5) is 13.0. The van der Waals surface area contributed by atoms with Crippen LogP contribution in [-0.2, 0) is 9.53 Å². The van der Waals surface area contributed by atoms with Gasteiger partial charge in [0.25, 0.3) is 0 Å². The van der Waals surface area contributed by atoms with E-state index in [-0.39, 0.29) is 11.5 Å². The number of Topliss-reactive ketones (excluding diaryl/α,β-unsaturated/α-hetero) is 1. The maximum absolute atomic E-state index is 13.0. The number of carbonyl (C=O) groups excluding carboxylic acids is 1. The van der Waals surface area contributed by atoms with E-state index >= 15 is 0 Å². The van der Waals surface area contributed by atoms with Crippen molar-refractivity contribution in [3.05, 3.63) is 23.5 Å². The number of rotatable bonds is 3. The van der Waals surface area contributed by atoms with E-state index in [4.69, 9.17) is 4.74 Å². The van der Waals surface area contributed by atoms with Gasteiger partial charge < -0.3 is 9.84 Å². The van der Waals surface area contributed by atoms with Crippen molar-refractivity contribution >= 4 is 5.78 Å². The second-order valence-electron chi connectivity index (χ2n) is 7.88. The summed E-state index contributed by atoms with van der Waals surface area (Å²) in [6.45, 7) is 7.15. The van der Waals surface area contributed by atoms with Gasteiger partial charge in [-0.15, -0.1) is 0 Å². The number of hydrogen-bond acceptors (Lipinski definition) is 3. The fourth-order valence-electron chi connectivity index (χ4n) is 4.26. The van der Waals surface area contributed by atoms with Crippen LogP contribution in [0.25, 0.3) is 0 Å². The van der Waals surface area contributed by atoms with E-state index < -0.39 is 0 Å². The molecule has 122 valence electrons. The van der Waals surface area contributed by atoms with Gasteiger partial charge in [0.05, 0.1) is 12.7 Å². The first-order valence-corrected chi connectivity index (χ1v) is 8.70. The molecule has 3 aliphatic rings. The highest BCUT2D eigenvalue weighted by Crippen LogP contribution is 2.54. The summed E-state index contributed by atoms with van der Waals surface area (Å²) >= 11 is 0. The molecule has 3 nitrogen and oxygen atoms in total. The van der Waals surface area contributed by atoms with Crippen LogP contribution < -0.4 is 0 Å². The maximum atomic E-state index is 13.0. The molecule has 3 rings (SSSR count). The van der Waals surface area contributed by atoms with Gasteiger partial charge in [0.1, 0.15) is 5.76 Å². The third-order valence-electron chi connectivity index (χ3n) is 5.61. The molecule has 3 heteroatoms. The van der Waals surface area contributed by atoms with Crippen LogP contribution in [0.2, 0.25) is 0 Å². The number of ketones is 1. The summed E-state index contributed by atoms with van der Waals surface area (Å²) in [5.41, 5.74) is 0.774. The molecule has 2 saturated carbocycles. The minimum atomic E-state index is -0.212. The van der Waals surface area contributed by atoms with Crippen molar-refractivity contribution in [3.8, 4) is 0 Å². The van der Waals surface area contributed by atoms with Crippen molar-refractivity contribution < 1.29 is 14.6 Å². The second-order valence-corrected chi connectivity index (χ2v) is 7.88. The predicted molar refractivity (Wildman–Crippen MR) is 86.1 cm³/mol. The van der Waals surface area contributed by atoms with Gasteiger partial charge in [-0.05, 0) is 62.0 Å². The molecule has 0 aromatic carbocycles. The minimum absolute atomic E-state index is 0.203. The highest BCUT2D eigenvalue weighted by atomic mass is 16.5. The lowest BCUT2D eigenvalue weighted by molar-refractivity contribution is -0.125. The van der Waals surface area contributed by atoms with E-state index in [2.05, 4.69) is 26.8 Å². The van der Waals surface area contributed by atoms with Crippen molar-refractivity contribution in [1.29, 1.82) is 0 Å². The van der Waals surface area contributed by atoms with Crippen LogP contribution in [0.4, 0.5) is 0 Å². The van der Waals surface area contributed by atoms with Crippen LogP contribution in [0, 0.1) is 23.2 Å². The maximum Gasteiger partial charge on any atom is 0.165 e. The van der Waals surface area contributed by atoms with Gasteiger partial charge in [0.2, 0.25) is 0 Å². The van der Waals surface area contributed by atoms with Crippen LogP contribution in [0.1, 0.15) is 52.9 Å². The Labute approximate surface area is 133 Å². The van der Waals surface area contributed by atoms with E-state index in [1.165, 1.54) is 0 Å². The Morgan fingerprint density at radius 2 is 2.05 bits per heavy atom. The molecule has 0 aromatic rings. The number of ether oxygens (including phenoxy) is 1. The topological polar surface area (TPSA) is 46.5 Å². The monoisotopic (exact) mass is 304 g/mol. The SMILES string of the molecule is CC(C)COC1=CC(C)C2CC3(CCC(O)CC3)C(=O)C2=C1. The zero-order chi connectivity index (χ0) is 15.9. The first-order chi connectivity index (χ1) is 10.4. The van der Waals surface area contributed by atoms with Gasteiger partial charge in [0, 0.05) is 11.0 Å². The van der Waals surface area contributed by atoms with E-state index in [0.29, 0.717) is 30.1 Å². The smallest absolute Gasteiger partial charge is 0.165 e. The van der Waals surface area contributed by atoms with Crippen LogP contribution in [-0.4, -0.2) is 23.6 Å². The van der Waals surface area contributed by atoms with E-state index in [1.54, 1.807) is 0 Å². The van der Waals surface area contributed by atoms with Crippen molar-refractivity contribution in [2.45, 2.75) is 59.0 Å². The molecule has 2 fully saturated rings. The summed E-state index contributed by atoms with van der Waals surface area (Å²) in [5, 5.41) is 9.76. The average molecular weight is 304 g/mol. The lowest BCUT2D eigenvalue weighted by Crippen LogP contribution is -2.33. The number of fused-ring (bicyclic) bond motifs is 1. The zero-order valence-electron chi connectivity index (χ0n) is 14.0. The van der Waals surface area contributed by atoms with Gasteiger partial charge in [-0.3, -0.25) is 4.79 Å². The molecule has 0 heterocycles. The lowest BCUT2D eigenvalue weighted by Gasteiger charge is -2.34. The largest absolute Gasteiger partial charge is 0.494 e. The summed E-state index contributed by atoms with van der Waals surface area (Å²) < 4.78 is 5.86. The lowest BCUT2D eigenvalue weighted by atomic mass is 9.70. The van der Waals surface area contributed by atoms with E-state index in [0.717, 1.165) is 43.4 Å². The van der Waals surface area contributed by atoms with Crippen molar-refractivity contribution in [2.75, 3.05) is 6.61 Å². The van der Waals surface area contributed by atoms with Crippen LogP contribution in [0.5, 0.6) is 0 Å². The van der Waals surface area contributed by atoms with Gasteiger partial charge >= 0.3 is 0 Å².